The second-order valence-electron chi connectivity index (χ2n) is 4.99. The fraction of sp³-hybridized carbons (Fsp3) is 0.538. The molecule has 0 amide bonds. The van der Waals surface area contributed by atoms with Crippen LogP contribution in [0.2, 0.25) is 0 Å². The fourth-order valence-corrected chi connectivity index (χ4v) is 2.29. The van der Waals surface area contributed by atoms with Gasteiger partial charge in [0.25, 0.3) is 5.69 Å². The number of aliphatic hydroxyl groups excluding tert-OH is 1. The van der Waals surface area contributed by atoms with Crippen LogP contribution in [0.4, 0.5) is 5.69 Å². The highest BCUT2D eigenvalue weighted by Crippen LogP contribution is 2.19. The zero-order chi connectivity index (χ0) is 13.8. The molecule has 1 heterocycles. The van der Waals surface area contributed by atoms with Crippen LogP contribution >= 0.6 is 0 Å². The quantitative estimate of drug-likeness (QED) is 0.535. The maximum atomic E-state index is 10.8. The Hall–Kier alpha value is -1.50. The Bertz CT molecular complexity index is 464. The van der Waals surface area contributed by atoms with Gasteiger partial charge in [0.1, 0.15) is 0 Å². The SMILES string of the molecule is Cc1ccc(CNCC2CNCC2O)cc1[N+](=O)[O-]. The van der Waals surface area contributed by atoms with E-state index in [2.05, 4.69) is 10.6 Å². The molecule has 1 aromatic rings. The van der Waals surface area contributed by atoms with Crippen LogP contribution in [0, 0.1) is 23.0 Å². The first kappa shape index (κ1) is 13.9. The fourth-order valence-electron chi connectivity index (χ4n) is 2.29. The number of aliphatic hydroxyl groups is 1. The van der Waals surface area contributed by atoms with Crippen molar-refractivity contribution in [2.45, 2.75) is 19.6 Å². The van der Waals surface area contributed by atoms with Gasteiger partial charge < -0.3 is 15.7 Å². The Balaban J connectivity index is 1.89. The number of rotatable bonds is 5. The number of nitro groups is 1. The smallest absolute Gasteiger partial charge is 0.272 e. The summed E-state index contributed by atoms with van der Waals surface area (Å²) >= 11 is 0. The van der Waals surface area contributed by atoms with E-state index in [9.17, 15) is 15.2 Å². The van der Waals surface area contributed by atoms with Crippen molar-refractivity contribution < 1.29 is 10.0 Å². The van der Waals surface area contributed by atoms with Crippen molar-refractivity contribution in [3.05, 3.63) is 39.4 Å². The highest BCUT2D eigenvalue weighted by molar-refractivity contribution is 5.42. The third-order valence-electron chi connectivity index (χ3n) is 3.51. The van der Waals surface area contributed by atoms with Crippen LogP contribution in [0.25, 0.3) is 0 Å². The molecule has 1 fully saturated rings. The minimum Gasteiger partial charge on any atom is -0.391 e. The van der Waals surface area contributed by atoms with E-state index in [0.29, 0.717) is 25.2 Å². The predicted molar refractivity (Wildman–Crippen MR) is 71.9 cm³/mol. The van der Waals surface area contributed by atoms with Crippen molar-refractivity contribution >= 4 is 5.69 Å². The Kier molecular flexibility index (Phi) is 4.47. The number of β-amino-alcohol motifs (C(OH)–C–C–N with tert-alkyl or cyclic N) is 1. The molecule has 0 aliphatic carbocycles. The number of hydrogen-bond donors (Lipinski definition) is 3. The maximum absolute atomic E-state index is 10.8. The topological polar surface area (TPSA) is 87.4 Å². The van der Waals surface area contributed by atoms with Crippen LogP contribution in [0.1, 0.15) is 11.1 Å². The second-order valence-corrected chi connectivity index (χ2v) is 4.99. The molecule has 2 rings (SSSR count). The molecule has 2 atom stereocenters. The summed E-state index contributed by atoms with van der Waals surface area (Å²) in [5.41, 5.74) is 1.71. The summed E-state index contributed by atoms with van der Waals surface area (Å²) in [4.78, 5) is 10.5. The normalized spacial score (nSPS) is 22.6. The molecule has 0 spiro atoms. The number of hydrogen-bond acceptors (Lipinski definition) is 5. The minimum absolute atomic E-state index is 0.155. The average molecular weight is 265 g/mol. The summed E-state index contributed by atoms with van der Waals surface area (Å²) in [6.07, 6.45) is -0.306. The molecule has 0 radical (unpaired) electrons. The average Bonchev–Trinajstić information content (AvgIpc) is 2.77. The summed E-state index contributed by atoms with van der Waals surface area (Å²) in [6.45, 7) is 4.46. The Morgan fingerprint density at radius 3 is 2.95 bits per heavy atom. The van der Waals surface area contributed by atoms with Crippen molar-refractivity contribution in [1.82, 2.24) is 10.6 Å². The first-order valence-corrected chi connectivity index (χ1v) is 6.41. The van der Waals surface area contributed by atoms with Crippen molar-refractivity contribution in [2.24, 2.45) is 5.92 Å². The largest absolute Gasteiger partial charge is 0.391 e. The van der Waals surface area contributed by atoms with Gasteiger partial charge in [0.05, 0.1) is 11.0 Å². The first-order chi connectivity index (χ1) is 9.08. The summed E-state index contributed by atoms with van der Waals surface area (Å²) in [6, 6.07) is 5.26. The molecule has 0 bridgehead atoms. The van der Waals surface area contributed by atoms with Crippen LogP contribution in [0.15, 0.2) is 18.2 Å². The molecule has 1 aromatic carbocycles. The number of benzene rings is 1. The van der Waals surface area contributed by atoms with E-state index >= 15 is 0 Å². The Labute approximate surface area is 112 Å². The van der Waals surface area contributed by atoms with E-state index in [1.807, 2.05) is 6.07 Å². The molecule has 104 valence electrons. The molecule has 1 aliphatic rings. The highest BCUT2D eigenvalue weighted by Gasteiger charge is 2.24. The van der Waals surface area contributed by atoms with E-state index in [-0.39, 0.29) is 22.6 Å². The lowest BCUT2D eigenvalue weighted by molar-refractivity contribution is -0.385. The van der Waals surface area contributed by atoms with Gasteiger partial charge in [-0.15, -0.1) is 0 Å². The van der Waals surface area contributed by atoms with Gasteiger partial charge in [-0.1, -0.05) is 12.1 Å². The predicted octanol–water partition coefficient (Wildman–Crippen LogP) is 0.573. The van der Waals surface area contributed by atoms with E-state index in [1.54, 1.807) is 19.1 Å². The van der Waals surface area contributed by atoms with Crippen LogP contribution in [-0.4, -0.2) is 35.8 Å². The highest BCUT2D eigenvalue weighted by atomic mass is 16.6. The van der Waals surface area contributed by atoms with Crippen LogP contribution in [0.3, 0.4) is 0 Å². The zero-order valence-electron chi connectivity index (χ0n) is 10.9. The molecule has 6 heteroatoms. The van der Waals surface area contributed by atoms with E-state index in [1.165, 1.54) is 0 Å². The monoisotopic (exact) mass is 265 g/mol. The van der Waals surface area contributed by atoms with Gasteiger partial charge in [0.2, 0.25) is 0 Å². The molecule has 3 N–H and O–H groups in total. The molecule has 2 unspecified atom stereocenters. The minimum atomic E-state index is -0.358. The molecule has 6 nitrogen and oxygen atoms in total. The maximum Gasteiger partial charge on any atom is 0.272 e. The first-order valence-electron chi connectivity index (χ1n) is 6.41. The molecule has 0 aromatic heterocycles. The Morgan fingerprint density at radius 2 is 2.32 bits per heavy atom. The molecule has 1 saturated heterocycles. The van der Waals surface area contributed by atoms with Gasteiger partial charge in [0, 0.05) is 43.7 Å². The van der Waals surface area contributed by atoms with Gasteiger partial charge >= 0.3 is 0 Å². The van der Waals surface area contributed by atoms with Gasteiger partial charge in [-0.05, 0) is 12.5 Å². The van der Waals surface area contributed by atoms with E-state index in [0.717, 1.165) is 12.1 Å². The molecule has 0 saturated carbocycles. The standard InChI is InChI=1S/C13H19N3O3/c1-9-2-3-10(4-12(9)16(18)19)5-14-6-11-7-15-8-13(11)17/h2-4,11,13-15,17H,5-8H2,1H3. The second kappa shape index (κ2) is 6.10. The van der Waals surface area contributed by atoms with Crippen LogP contribution < -0.4 is 10.6 Å². The van der Waals surface area contributed by atoms with Crippen molar-refractivity contribution in [3.63, 3.8) is 0 Å². The van der Waals surface area contributed by atoms with Crippen LogP contribution in [0.5, 0.6) is 0 Å². The summed E-state index contributed by atoms with van der Waals surface area (Å²) in [5.74, 6) is 0.209. The summed E-state index contributed by atoms with van der Waals surface area (Å²) in [5, 5.41) is 26.9. The van der Waals surface area contributed by atoms with E-state index < -0.39 is 0 Å². The van der Waals surface area contributed by atoms with Crippen LogP contribution in [-0.2, 0) is 6.54 Å². The number of nitro benzene ring substituents is 1. The van der Waals surface area contributed by atoms with Gasteiger partial charge in [-0.3, -0.25) is 10.1 Å². The lowest BCUT2D eigenvalue weighted by atomic mass is 10.1. The van der Waals surface area contributed by atoms with Gasteiger partial charge in [0.15, 0.2) is 0 Å². The summed E-state index contributed by atoms with van der Waals surface area (Å²) < 4.78 is 0. The lowest BCUT2D eigenvalue weighted by Gasteiger charge is -2.14. The lowest BCUT2D eigenvalue weighted by Crippen LogP contribution is -2.30. The van der Waals surface area contributed by atoms with E-state index in [4.69, 9.17) is 0 Å². The van der Waals surface area contributed by atoms with Crippen molar-refractivity contribution in [2.75, 3.05) is 19.6 Å². The molecular formula is C13H19N3O3. The Morgan fingerprint density at radius 1 is 1.53 bits per heavy atom. The number of aryl methyl sites for hydroxylation is 1. The third-order valence-corrected chi connectivity index (χ3v) is 3.51. The number of nitrogens with one attached hydrogen (secondary N) is 2. The van der Waals surface area contributed by atoms with Crippen molar-refractivity contribution in [3.8, 4) is 0 Å². The summed E-state index contributed by atoms with van der Waals surface area (Å²) in [7, 11) is 0. The molecular weight excluding hydrogens is 246 g/mol. The van der Waals surface area contributed by atoms with Gasteiger partial charge in [-0.2, -0.15) is 0 Å². The zero-order valence-corrected chi connectivity index (χ0v) is 10.9. The molecule has 1 aliphatic heterocycles. The molecule has 19 heavy (non-hydrogen) atoms. The number of nitrogens with zero attached hydrogens (tertiary/aromatic N) is 1. The van der Waals surface area contributed by atoms with Gasteiger partial charge in [-0.25, -0.2) is 0 Å². The third kappa shape index (κ3) is 3.50. The van der Waals surface area contributed by atoms with Crippen molar-refractivity contribution in [1.29, 1.82) is 0 Å².